The van der Waals surface area contributed by atoms with Crippen molar-refractivity contribution in [3.63, 3.8) is 0 Å². The first-order valence-electron chi connectivity index (χ1n) is 8.43. The summed E-state index contributed by atoms with van der Waals surface area (Å²) in [5, 5.41) is 0.618. The van der Waals surface area contributed by atoms with Crippen LogP contribution in [0.5, 0.6) is 0 Å². The number of para-hydroxylation sites is 1. The minimum Gasteiger partial charge on any atom is -0.456 e. The second-order valence-electron chi connectivity index (χ2n) is 3.84. The molecule has 0 aliphatic heterocycles. The SMILES string of the molecule is CC.CC.CC.O=c1cc(-c2ccccc2)oc2ccccc12.[CH3-].[Y]. The zero-order chi connectivity index (χ0) is 17.7. The number of hydrogen-bond acceptors (Lipinski definition) is 2. The van der Waals surface area contributed by atoms with Crippen molar-refractivity contribution >= 4 is 11.0 Å². The van der Waals surface area contributed by atoms with E-state index in [-0.39, 0.29) is 45.6 Å². The molecule has 0 fully saturated rings. The van der Waals surface area contributed by atoms with Crippen molar-refractivity contribution in [3.8, 4) is 11.3 Å². The Hall–Kier alpha value is -1.25. The summed E-state index contributed by atoms with van der Waals surface area (Å²) in [6, 6.07) is 18.4. The first-order valence-corrected chi connectivity index (χ1v) is 8.43. The summed E-state index contributed by atoms with van der Waals surface area (Å²) >= 11 is 0. The molecule has 0 aliphatic rings. The Kier molecular flexibility index (Phi) is 20.1. The zero-order valence-electron chi connectivity index (χ0n) is 16.7. The minimum absolute atomic E-state index is 0. The topological polar surface area (TPSA) is 30.2 Å². The average molecular weight is 416 g/mol. The van der Waals surface area contributed by atoms with Crippen molar-refractivity contribution < 1.29 is 37.1 Å². The third kappa shape index (κ3) is 8.60. The molecule has 0 aliphatic carbocycles. The Morgan fingerprint density at radius 2 is 1.20 bits per heavy atom. The van der Waals surface area contributed by atoms with Crippen LogP contribution in [0.15, 0.2) is 69.9 Å². The van der Waals surface area contributed by atoms with Gasteiger partial charge in [0.25, 0.3) is 0 Å². The molecule has 0 atom stereocenters. The second-order valence-corrected chi connectivity index (χ2v) is 3.84. The van der Waals surface area contributed by atoms with Gasteiger partial charge in [0.1, 0.15) is 11.3 Å². The van der Waals surface area contributed by atoms with E-state index in [0.29, 0.717) is 16.7 Å². The van der Waals surface area contributed by atoms with Crippen LogP contribution in [-0.2, 0) is 32.7 Å². The quantitative estimate of drug-likeness (QED) is 0.400. The maximum absolute atomic E-state index is 11.9. The zero-order valence-corrected chi connectivity index (χ0v) is 19.5. The van der Waals surface area contributed by atoms with Crippen LogP contribution in [0.3, 0.4) is 0 Å². The Morgan fingerprint density at radius 1 is 0.720 bits per heavy atom. The maximum atomic E-state index is 11.9. The monoisotopic (exact) mass is 416 g/mol. The predicted molar refractivity (Wildman–Crippen MR) is 108 cm³/mol. The van der Waals surface area contributed by atoms with Gasteiger partial charge < -0.3 is 11.8 Å². The van der Waals surface area contributed by atoms with E-state index in [1.54, 1.807) is 6.07 Å². The molecule has 0 saturated carbocycles. The molecule has 1 radical (unpaired) electrons. The second kappa shape index (κ2) is 17.6. The molecule has 3 rings (SSSR count). The van der Waals surface area contributed by atoms with Crippen molar-refractivity contribution in [2.24, 2.45) is 0 Å². The van der Waals surface area contributed by atoms with Crippen LogP contribution in [-0.4, -0.2) is 0 Å². The molecular weight excluding hydrogens is 385 g/mol. The normalized spacial score (nSPS) is 7.92. The summed E-state index contributed by atoms with van der Waals surface area (Å²) in [6.45, 7) is 12.0. The van der Waals surface area contributed by atoms with Gasteiger partial charge in [0.2, 0.25) is 0 Å². The van der Waals surface area contributed by atoms with Crippen LogP contribution < -0.4 is 5.43 Å². The van der Waals surface area contributed by atoms with Gasteiger partial charge in [-0.05, 0) is 12.1 Å². The standard InChI is InChI=1S/C15H10O2.3C2H6.CH3.Y/c16-13-10-15(11-6-2-1-3-7-11)17-14-9-5-4-8-12(13)14;3*1-2;;/h1-10H;3*1-2H3;1H3;/q;;;;-1;. The van der Waals surface area contributed by atoms with Crippen LogP contribution in [0.2, 0.25) is 0 Å². The Bertz CT molecular complexity index is 719. The molecule has 0 N–H and O–H groups in total. The fourth-order valence-corrected chi connectivity index (χ4v) is 1.85. The summed E-state index contributed by atoms with van der Waals surface area (Å²) < 4.78 is 5.73. The molecule has 0 spiro atoms. The first-order chi connectivity index (χ1) is 11.3. The Balaban J connectivity index is -0.000000551. The largest absolute Gasteiger partial charge is 0.456 e. The number of fused-ring (bicyclic) bond motifs is 1. The van der Waals surface area contributed by atoms with Gasteiger partial charge in [-0.2, -0.15) is 0 Å². The molecule has 0 amide bonds. The van der Waals surface area contributed by atoms with E-state index >= 15 is 0 Å². The molecule has 25 heavy (non-hydrogen) atoms. The van der Waals surface area contributed by atoms with Gasteiger partial charge >= 0.3 is 0 Å². The van der Waals surface area contributed by atoms with Crippen LogP contribution in [0, 0.1) is 7.43 Å². The molecular formula is C22H31O2Y-. The molecule has 2 aromatic carbocycles. The number of benzene rings is 2. The van der Waals surface area contributed by atoms with Crippen LogP contribution in [0.4, 0.5) is 0 Å². The van der Waals surface area contributed by atoms with E-state index in [0.717, 1.165) is 5.56 Å². The molecule has 135 valence electrons. The minimum atomic E-state index is -0.00861. The van der Waals surface area contributed by atoms with Crippen molar-refractivity contribution in [3.05, 3.63) is 78.3 Å². The summed E-state index contributed by atoms with van der Waals surface area (Å²) in [7, 11) is 0. The van der Waals surface area contributed by atoms with Gasteiger partial charge in [0.05, 0.1) is 5.39 Å². The van der Waals surface area contributed by atoms with Gasteiger partial charge in [0, 0.05) is 44.3 Å². The van der Waals surface area contributed by atoms with E-state index in [9.17, 15) is 4.79 Å². The van der Waals surface area contributed by atoms with Gasteiger partial charge in [-0.1, -0.05) is 84.0 Å². The molecule has 0 saturated heterocycles. The maximum Gasteiger partial charge on any atom is 0.193 e. The van der Waals surface area contributed by atoms with Crippen LogP contribution in [0.1, 0.15) is 41.5 Å². The van der Waals surface area contributed by atoms with Gasteiger partial charge in [-0.25, -0.2) is 0 Å². The predicted octanol–water partition coefficient (Wildman–Crippen LogP) is 6.99. The van der Waals surface area contributed by atoms with E-state index in [4.69, 9.17) is 4.42 Å². The number of rotatable bonds is 1. The smallest absolute Gasteiger partial charge is 0.193 e. The van der Waals surface area contributed by atoms with E-state index in [2.05, 4.69) is 0 Å². The number of hydrogen-bond donors (Lipinski definition) is 0. The fraction of sp³-hybridized carbons (Fsp3) is 0.273. The van der Waals surface area contributed by atoms with Gasteiger partial charge in [0.15, 0.2) is 5.43 Å². The molecule has 3 heteroatoms. The molecule has 0 bridgehead atoms. The summed E-state index contributed by atoms with van der Waals surface area (Å²) in [6.07, 6.45) is 0. The van der Waals surface area contributed by atoms with Crippen LogP contribution >= 0.6 is 0 Å². The fourth-order valence-electron chi connectivity index (χ4n) is 1.85. The van der Waals surface area contributed by atoms with Crippen LogP contribution in [0.25, 0.3) is 22.3 Å². The van der Waals surface area contributed by atoms with E-state index < -0.39 is 0 Å². The summed E-state index contributed by atoms with van der Waals surface area (Å²) in [5.41, 5.74) is 1.53. The molecule has 3 aromatic rings. The molecule has 2 nitrogen and oxygen atoms in total. The Labute approximate surface area is 178 Å². The van der Waals surface area contributed by atoms with E-state index in [1.807, 2.05) is 90.1 Å². The van der Waals surface area contributed by atoms with Crippen molar-refractivity contribution in [1.29, 1.82) is 0 Å². The summed E-state index contributed by atoms with van der Waals surface area (Å²) in [5.74, 6) is 0.606. The van der Waals surface area contributed by atoms with Gasteiger partial charge in [-0.3, -0.25) is 4.79 Å². The first kappa shape index (κ1) is 28.6. The third-order valence-electron chi connectivity index (χ3n) is 2.69. The van der Waals surface area contributed by atoms with Crippen molar-refractivity contribution in [2.75, 3.05) is 0 Å². The average Bonchev–Trinajstić information content (AvgIpc) is 2.67. The Morgan fingerprint density at radius 3 is 1.76 bits per heavy atom. The third-order valence-corrected chi connectivity index (χ3v) is 2.69. The van der Waals surface area contributed by atoms with Crippen molar-refractivity contribution in [1.82, 2.24) is 0 Å². The van der Waals surface area contributed by atoms with Crippen molar-refractivity contribution in [2.45, 2.75) is 41.5 Å². The molecule has 0 unspecified atom stereocenters. The molecule has 1 aromatic heterocycles. The summed E-state index contributed by atoms with van der Waals surface area (Å²) in [4.78, 5) is 11.9. The van der Waals surface area contributed by atoms with Gasteiger partial charge in [-0.15, -0.1) is 0 Å². The molecule has 1 heterocycles. The van der Waals surface area contributed by atoms with E-state index in [1.165, 1.54) is 6.07 Å².